The highest BCUT2D eigenvalue weighted by molar-refractivity contribution is 6.34. The molecule has 0 unspecified atom stereocenters. The Morgan fingerprint density at radius 3 is 2.75 bits per heavy atom. The van der Waals surface area contributed by atoms with Crippen LogP contribution in [0.15, 0.2) is 18.2 Å². The highest BCUT2D eigenvalue weighted by atomic mass is 35.5. The number of halogens is 2. The molecule has 1 heterocycles. The normalized spacial score (nSPS) is 11.7. The lowest BCUT2D eigenvalue weighted by molar-refractivity contribution is 0.508. The van der Waals surface area contributed by atoms with E-state index in [1.165, 1.54) is 19.3 Å². The summed E-state index contributed by atoms with van der Waals surface area (Å²) in [5.41, 5.74) is 2.03. The molecule has 0 aliphatic carbocycles. The molecule has 0 spiro atoms. The largest absolute Gasteiger partial charge is 0.328 e. The Morgan fingerprint density at radius 2 is 2.05 bits per heavy atom. The quantitative estimate of drug-likeness (QED) is 0.501. The average molecular weight is 313 g/mol. The maximum atomic E-state index is 6.24. The van der Waals surface area contributed by atoms with Gasteiger partial charge in [-0.05, 0) is 24.5 Å². The molecule has 0 fully saturated rings. The van der Waals surface area contributed by atoms with Crippen molar-refractivity contribution in [1.82, 2.24) is 9.55 Å². The number of para-hydroxylation sites is 1. The lowest BCUT2D eigenvalue weighted by Gasteiger charge is -2.09. The molecule has 0 N–H and O–H groups in total. The van der Waals surface area contributed by atoms with Gasteiger partial charge in [0.2, 0.25) is 0 Å². The number of fused-ring (bicyclic) bond motifs is 1. The van der Waals surface area contributed by atoms with Crippen molar-refractivity contribution in [2.45, 2.75) is 46.1 Å². The van der Waals surface area contributed by atoms with Gasteiger partial charge in [0, 0.05) is 18.8 Å². The number of imidazole rings is 1. The fourth-order valence-electron chi connectivity index (χ4n) is 2.51. The van der Waals surface area contributed by atoms with Gasteiger partial charge in [-0.25, -0.2) is 4.98 Å². The van der Waals surface area contributed by atoms with Gasteiger partial charge in [-0.15, -0.1) is 11.6 Å². The molecule has 0 amide bonds. The van der Waals surface area contributed by atoms with Gasteiger partial charge in [0.1, 0.15) is 11.3 Å². The summed E-state index contributed by atoms with van der Waals surface area (Å²) in [6.45, 7) is 5.53. The Kier molecular flexibility index (Phi) is 5.74. The van der Waals surface area contributed by atoms with Gasteiger partial charge in [0.25, 0.3) is 0 Å². The van der Waals surface area contributed by atoms with Gasteiger partial charge in [0.15, 0.2) is 0 Å². The second-order valence-corrected chi connectivity index (χ2v) is 6.40. The molecule has 1 aromatic carbocycles. The summed E-state index contributed by atoms with van der Waals surface area (Å²) in [6.07, 6.45) is 4.48. The molecular formula is C16H22Cl2N2. The highest BCUT2D eigenvalue weighted by Gasteiger charge is 2.12. The van der Waals surface area contributed by atoms with Gasteiger partial charge in [-0.1, -0.05) is 44.4 Å². The third-order valence-corrected chi connectivity index (χ3v) is 4.03. The zero-order chi connectivity index (χ0) is 14.5. The summed E-state index contributed by atoms with van der Waals surface area (Å²) in [7, 11) is 0. The Hall–Kier alpha value is -0.730. The van der Waals surface area contributed by atoms with Crippen LogP contribution in [0, 0.1) is 5.92 Å². The number of unbranched alkanes of at least 4 members (excludes halogenated alkanes) is 1. The summed E-state index contributed by atoms with van der Waals surface area (Å²) < 4.78 is 2.28. The van der Waals surface area contributed by atoms with Crippen LogP contribution in [0.25, 0.3) is 11.0 Å². The Morgan fingerprint density at radius 1 is 1.25 bits per heavy atom. The Balaban J connectivity index is 2.20. The SMILES string of the molecule is CC(C)CCCCn1c(CCCl)nc2c(Cl)cccc21. The number of alkyl halides is 1. The van der Waals surface area contributed by atoms with Crippen LogP contribution in [0.2, 0.25) is 5.02 Å². The molecule has 0 bridgehead atoms. The van der Waals surface area contributed by atoms with Crippen LogP contribution < -0.4 is 0 Å². The number of nitrogens with zero attached hydrogens (tertiary/aromatic N) is 2. The van der Waals surface area contributed by atoms with Crippen molar-refractivity contribution >= 4 is 34.2 Å². The average Bonchev–Trinajstić information content (AvgIpc) is 2.75. The van der Waals surface area contributed by atoms with E-state index in [1.807, 2.05) is 12.1 Å². The minimum Gasteiger partial charge on any atom is -0.328 e. The molecule has 4 heteroatoms. The predicted molar refractivity (Wildman–Crippen MR) is 87.9 cm³/mol. The Labute approximate surface area is 131 Å². The lowest BCUT2D eigenvalue weighted by atomic mass is 10.1. The zero-order valence-corrected chi connectivity index (χ0v) is 13.7. The van der Waals surface area contributed by atoms with Crippen LogP contribution in [-0.2, 0) is 13.0 Å². The van der Waals surface area contributed by atoms with Crippen LogP contribution >= 0.6 is 23.2 Å². The predicted octanol–water partition coefficient (Wildman–Crippen LogP) is 5.30. The fourth-order valence-corrected chi connectivity index (χ4v) is 2.89. The van der Waals surface area contributed by atoms with E-state index in [0.717, 1.165) is 40.8 Å². The van der Waals surface area contributed by atoms with E-state index in [4.69, 9.17) is 23.2 Å². The minimum atomic E-state index is 0.590. The molecule has 0 radical (unpaired) electrons. The smallest absolute Gasteiger partial charge is 0.111 e. The van der Waals surface area contributed by atoms with Crippen molar-refractivity contribution in [2.24, 2.45) is 5.92 Å². The van der Waals surface area contributed by atoms with Crippen LogP contribution in [0.3, 0.4) is 0 Å². The van der Waals surface area contributed by atoms with E-state index in [0.29, 0.717) is 5.88 Å². The van der Waals surface area contributed by atoms with E-state index >= 15 is 0 Å². The summed E-state index contributed by atoms with van der Waals surface area (Å²) in [6, 6.07) is 5.97. The molecule has 110 valence electrons. The summed E-state index contributed by atoms with van der Waals surface area (Å²) in [5, 5.41) is 0.722. The molecule has 0 aliphatic rings. The highest BCUT2D eigenvalue weighted by Crippen LogP contribution is 2.25. The van der Waals surface area contributed by atoms with Crippen LogP contribution in [0.1, 0.15) is 38.9 Å². The zero-order valence-electron chi connectivity index (χ0n) is 12.2. The van der Waals surface area contributed by atoms with Gasteiger partial charge < -0.3 is 4.57 Å². The van der Waals surface area contributed by atoms with E-state index in [1.54, 1.807) is 0 Å². The number of hydrogen-bond acceptors (Lipinski definition) is 1. The number of hydrogen-bond donors (Lipinski definition) is 0. The number of rotatable bonds is 7. The molecule has 0 atom stereocenters. The third kappa shape index (κ3) is 3.67. The first-order valence-corrected chi connectivity index (χ1v) is 8.24. The van der Waals surface area contributed by atoms with Crippen molar-refractivity contribution in [1.29, 1.82) is 0 Å². The molecule has 2 rings (SSSR count). The van der Waals surface area contributed by atoms with Crippen molar-refractivity contribution in [3.63, 3.8) is 0 Å². The van der Waals surface area contributed by atoms with Gasteiger partial charge >= 0.3 is 0 Å². The maximum absolute atomic E-state index is 6.24. The molecule has 2 nitrogen and oxygen atoms in total. The van der Waals surface area contributed by atoms with Crippen molar-refractivity contribution in [2.75, 3.05) is 5.88 Å². The van der Waals surface area contributed by atoms with Crippen LogP contribution in [-0.4, -0.2) is 15.4 Å². The summed E-state index contributed by atoms with van der Waals surface area (Å²) >= 11 is 12.1. The lowest BCUT2D eigenvalue weighted by Crippen LogP contribution is -2.05. The first-order chi connectivity index (χ1) is 9.63. The van der Waals surface area contributed by atoms with E-state index in [2.05, 4.69) is 29.5 Å². The third-order valence-electron chi connectivity index (χ3n) is 3.54. The summed E-state index contributed by atoms with van der Waals surface area (Å²) in [4.78, 5) is 4.66. The monoisotopic (exact) mass is 312 g/mol. The van der Waals surface area contributed by atoms with Crippen molar-refractivity contribution in [3.05, 3.63) is 29.0 Å². The number of aryl methyl sites for hydroxylation is 2. The Bertz CT molecular complexity index is 561. The van der Waals surface area contributed by atoms with E-state index in [-0.39, 0.29) is 0 Å². The van der Waals surface area contributed by atoms with Crippen molar-refractivity contribution < 1.29 is 0 Å². The van der Waals surface area contributed by atoms with Crippen LogP contribution in [0.5, 0.6) is 0 Å². The minimum absolute atomic E-state index is 0.590. The standard InChI is InChI=1S/C16H22Cl2N2/c1-12(2)6-3-4-11-20-14-8-5-7-13(18)16(14)19-15(20)9-10-17/h5,7-8,12H,3-4,6,9-11H2,1-2H3. The van der Waals surface area contributed by atoms with Gasteiger partial charge in [-0.3, -0.25) is 0 Å². The van der Waals surface area contributed by atoms with Crippen molar-refractivity contribution in [3.8, 4) is 0 Å². The number of aromatic nitrogens is 2. The second-order valence-electron chi connectivity index (χ2n) is 5.62. The number of benzene rings is 1. The van der Waals surface area contributed by atoms with Crippen LogP contribution in [0.4, 0.5) is 0 Å². The van der Waals surface area contributed by atoms with Gasteiger partial charge in [0.05, 0.1) is 10.5 Å². The molecule has 0 aliphatic heterocycles. The molecular weight excluding hydrogens is 291 g/mol. The van der Waals surface area contributed by atoms with E-state index < -0.39 is 0 Å². The molecule has 2 aromatic rings. The molecule has 0 saturated heterocycles. The second kappa shape index (κ2) is 7.33. The molecule has 20 heavy (non-hydrogen) atoms. The fraction of sp³-hybridized carbons (Fsp3) is 0.562. The summed E-state index contributed by atoms with van der Waals surface area (Å²) in [5.74, 6) is 2.41. The van der Waals surface area contributed by atoms with Gasteiger partial charge in [-0.2, -0.15) is 0 Å². The van der Waals surface area contributed by atoms with E-state index in [9.17, 15) is 0 Å². The topological polar surface area (TPSA) is 17.8 Å². The first kappa shape index (κ1) is 15.7. The molecule has 0 saturated carbocycles. The molecule has 1 aromatic heterocycles. The maximum Gasteiger partial charge on any atom is 0.111 e. The first-order valence-electron chi connectivity index (χ1n) is 7.33.